The largest absolute Gasteiger partial charge is 0.478 e. The fourth-order valence-corrected chi connectivity index (χ4v) is 4.49. The predicted octanol–water partition coefficient (Wildman–Crippen LogP) is 2.09. The molecule has 1 aromatic carbocycles. The number of carboxylic acids is 1. The summed E-state index contributed by atoms with van der Waals surface area (Å²) >= 11 is 1.70. The van der Waals surface area contributed by atoms with Gasteiger partial charge in [0.2, 0.25) is 10.0 Å². The molecule has 1 fully saturated rings. The molecule has 0 heterocycles. The first-order valence-corrected chi connectivity index (χ1v) is 9.18. The lowest BCUT2D eigenvalue weighted by Gasteiger charge is -2.13. The first-order valence-electron chi connectivity index (χ1n) is 6.41. The van der Waals surface area contributed by atoms with Gasteiger partial charge in [0.1, 0.15) is 5.82 Å². The topological polar surface area (TPSA) is 83.5 Å². The molecule has 0 bridgehead atoms. The van der Waals surface area contributed by atoms with E-state index in [1.54, 1.807) is 11.8 Å². The summed E-state index contributed by atoms with van der Waals surface area (Å²) < 4.78 is 40.3. The van der Waals surface area contributed by atoms with Gasteiger partial charge in [0, 0.05) is 11.3 Å². The normalized spacial score (nSPS) is 22.4. The molecule has 2 rings (SSSR count). The summed E-state index contributed by atoms with van der Waals surface area (Å²) in [6.07, 6.45) is 4.42. The third kappa shape index (κ3) is 3.75. The molecular formula is C13H16FNO4S2. The van der Waals surface area contributed by atoms with Crippen molar-refractivity contribution < 1.29 is 22.7 Å². The minimum atomic E-state index is -3.84. The molecular weight excluding hydrogens is 317 g/mol. The van der Waals surface area contributed by atoms with Crippen LogP contribution in [0.3, 0.4) is 0 Å². The number of carbonyl (C=O) groups is 1. The summed E-state index contributed by atoms with van der Waals surface area (Å²) in [5.41, 5.74) is -0.647. The lowest BCUT2D eigenvalue weighted by atomic mass is 10.2. The van der Waals surface area contributed by atoms with Gasteiger partial charge in [-0.1, -0.05) is 0 Å². The van der Waals surface area contributed by atoms with Gasteiger partial charge < -0.3 is 5.11 Å². The standard InChI is InChI=1S/C13H16FNO4S2/c1-20-9-3-2-8(6-9)15-21(18,19)10-4-5-12(14)11(7-10)13(16)17/h4-5,7-9,15H,2-3,6H2,1H3,(H,16,17). The lowest BCUT2D eigenvalue weighted by Crippen LogP contribution is -2.33. The van der Waals surface area contributed by atoms with Crippen molar-refractivity contribution in [1.82, 2.24) is 4.72 Å². The maximum absolute atomic E-state index is 13.3. The number of aromatic carboxylic acids is 1. The van der Waals surface area contributed by atoms with Crippen molar-refractivity contribution in [2.75, 3.05) is 6.26 Å². The van der Waals surface area contributed by atoms with Gasteiger partial charge in [-0.05, 0) is 43.7 Å². The Morgan fingerprint density at radius 1 is 1.43 bits per heavy atom. The van der Waals surface area contributed by atoms with Crippen molar-refractivity contribution in [2.45, 2.75) is 35.4 Å². The maximum Gasteiger partial charge on any atom is 0.338 e. The summed E-state index contributed by atoms with van der Waals surface area (Å²) in [5, 5.41) is 9.28. The van der Waals surface area contributed by atoms with E-state index in [9.17, 15) is 17.6 Å². The molecule has 2 atom stereocenters. The molecule has 0 amide bonds. The van der Waals surface area contributed by atoms with Gasteiger partial charge in [-0.25, -0.2) is 22.3 Å². The van der Waals surface area contributed by atoms with Gasteiger partial charge in [0.05, 0.1) is 10.5 Å². The van der Waals surface area contributed by atoms with Crippen LogP contribution in [0.5, 0.6) is 0 Å². The third-order valence-corrected chi connectivity index (χ3v) is 6.13. The lowest BCUT2D eigenvalue weighted by molar-refractivity contribution is 0.0691. The van der Waals surface area contributed by atoms with E-state index in [0.717, 1.165) is 37.5 Å². The fourth-order valence-electron chi connectivity index (χ4n) is 2.38. The number of hydrogen-bond acceptors (Lipinski definition) is 4. The smallest absolute Gasteiger partial charge is 0.338 e. The zero-order valence-electron chi connectivity index (χ0n) is 11.4. The Hall–Kier alpha value is -1.12. The van der Waals surface area contributed by atoms with Crippen molar-refractivity contribution in [3.8, 4) is 0 Å². The Labute approximate surface area is 127 Å². The van der Waals surface area contributed by atoms with Crippen LogP contribution in [-0.4, -0.2) is 37.0 Å². The molecule has 2 N–H and O–H groups in total. The zero-order chi connectivity index (χ0) is 15.6. The average molecular weight is 333 g/mol. The zero-order valence-corrected chi connectivity index (χ0v) is 13.0. The number of hydrogen-bond donors (Lipinski definition) is 2. The summed E-state index contributed by atoms with van der Waals surface area (Å²) in [5.74, 6) is -2.45. The van der Waals surface area contributed by atoms with Crippen molar-refractivity contribution in [3.63, 3.8) is 0 Å². The number of thioether (sulfide) groups is 1. The number of rotatable bonds is 5. The molecule has 116 valence electrons. The van der Waals surface area contributed by atoms with Gasteiger partial charge in [0.25, 0.3) is 0 Å². The van der Waals surface area contributed by atoms with Crippen LogP contribution in [0, 0.1) is 5.82 Å². The Bertz CT molecular complexity index is 648. The summed E-state index contributed by atoms with van der Waals surface area (Å²) in [4.78, 5) is 10.6. The van der Waals surface area contributed by atoms with Crippen molar-refractivity contribution in [2.24, 2.45) is 0 Å². The number of carboxylic acid groups (broad SMARTS) is 1. The highest BCUT2D eigenvalue weighted by atomic mass is 32.2. The van der Waals surface area contributed by atoms with Crippen molar-refractivity contribution >= 4 is 27.8 Å². The SMILES string of the molecule is CSC1CCC(NS(=O)(=O)c2ccc(F)c(C(=O)O)c2)C1. The molecule has 1 aliphatic rings. The molecule has 0 radical (unpaired) electrons. The van der Waals surface area contributed by atoms with Crippen LogP contribution in [-0.2, 0) is 10.0 Å². The Balaban J connectivity index is 2.20. The van der Waals surface area contributed by atoms with E-state index in [4.69, 9.17) is 5.11 Å². The van der Waals surface area contributed by atoms with Crippen LogP contribution in [0.15, 0.2) is 23.1 Å². The van der Waals surface area contributed by atoms with E-state index >= 15 is 0 Å². The van der Waals surface area contributed by atoms with Gasteiger partial charge in [-0.15, -0.1) is 0 Å². The number of nitrogens with one attached hydrogen (secondary N) is 1. The minimum absolute atomic E-state index is 0.161. The Morgan fingerprint density at radius 3 is 2.71 bits per heavy atom. The molecule has 0 aliphatic heterocycles. The van der Waals surface area contributed by atoms with Gasteiger partial charge in [-0.3, -0.25) is 0 Å². The molecule has 1 aliphatic carbocycles. The van der Waals surface area contributed by atoms with Gasteiger partial charge in [-0.2, -0.15) is 11.8 Å². The van der Waals surface area contributed by atoms with Gasteiger partial charge in [0.15, 0.2) is 0 Å². The van der Waals surface area contributed by atoms with Crippen LogP contribution in [0.2, 0.25) is 0 Å². The second-order valence-electron chi connectivity index (χ2n) is 4.94. The molecule has 5 nitrogen and oxygen atoms in total. The molecule has 0 saturated heterocycles. The summed E-state index contributed by atoms with van der Waals surface area (Å²) in [7, 11) is -3.84. The first kappa shape index (κ1) is 16.3. The predicted molar refractivity (Wildman–Crippen MR) is 78.6 cm³/mol. The second kappa shape index (κ2) is 6.33. The average Bonchev–Trinajstić information content (AvgIpc) is 2.85. The highest BCUT2D eigenvalue weighted by Gasteiger charge is 2.28. The minimum Gasteiger partial charge on any atom is -0.478 e. The van der Waals surface area contributed by atoms with Crippen LogP contribution in [0.4, 0.5) is 4.39 Å². The van der Waals surface area contributed by atoms with Gasteiger partial charge >= 0.3 is 5.97 Å². The molecule has 1 aromatic rings. The van der Waals surface area contributed by atoms with Crippen LogP contribution >= 0.6 is 11.8 Å². The van der Waals surface area contributed by atoms with Crippen molar-refractivity contribution in [1.29, 1.82) is 0 Å². The quantitative estimate of drug-likeness (QED) is 0.862. The molecule has 8 heteroatoms. The highest BCUT2D eigenvalue weighted by Crippen LogP contribution is 2.29. The molecule has 1 saturated carbocycles. The molecule has 0 spiro atoms. The number of benzene rings is 1. The van der Waals surface area contributed by atoms with E-state index in [1.807, 2.05) is 6.26 Å². The van der Waals surface area contributed by atoms with E-state index in [-0.39, 0.29) is 10.9 Å². The molecule has 21 heavy (non-hydrogen) atoms. The van der Waals surface area contributed by atoms with Crippen molar-refractivity contribution in [3.05, 3.63) is 29.6 Å². The second-order valence-corrected chi connectivity index (χ2v) is 7.79. The van der Waals surface area contributed by atoms with Crippen LogP contribution < -0.4 is 4.72 Å². The van der Waals surface area contributed by atoms with E-state index in [2.05, 4.69) is 4.72 Å². The highest BCUT2D eigenvalue weighted by molar-refractivity contribution is 7.99. The van der Waals surface area contributed by atoms with Crippen LogP contribution in [0.1, 0.15) is 29.6 Å². The van der Waals surface area contributed by atoms with Crippen LogP contribution in [0.25, 0.3) is 0 Å². The van der Waals surface area contributed by atoms with E-state index in [0.29, 0.717) is 5.25 Å². The summed E-state index contributed by atoms with van der Waals surface area (Å²) in [6.45, 7) is 0. The molecule has 2 unspecified atom stereocenters. The monoisotopic (exact) mass is 333 g/mol. The first-order chi connectivity index (χ1) is 9.83. The van der Waals surface area contributed by atoms with E-state index < -0.39 is 27.4 Å². The number of sulfonamides is 1. The summed E-state index contributed by atoms with van der Waals surface area (Å²) in [6, 6.07) is 2.62. The third-order valence-electron chi connectivity index (χ3n) is 3.52. The fraction of sp³-hybridized carbons (Fsp3) is 0.462. The Morgan fingerprint density at radius 2 is 2.14 bits per heavy atom. The maximum atomic E-state index is 13.3. The molecule has 0 aromatic heterocycles. The Kier molecular flexibility index (Phi) is 4.90. The van der Waals surface area contributed by atoms with E-state index in [1.165, 1.54) is 0 Å². The number of halogens is 1.